The van der Waals surface area contributed by atoms with Crippen LogP contribution in [0.2, 0.25) is 0 Å². The van der Waals surface area contributed by atoms with Crippen molar-refractivity contribution in [3.63, 3.8) is 0 Å². The van der Waals surface area contributed by atoms with Gasteiger partial charge in [-0.1, -0.05) is 12.8 Å². The number of halogens is 3. The fourth-order valence-corrected chi connectivity index (χ4v) is 1.65. The average Bonchev–Trinajstić information content (AvgIpc) is 2.53. The first-order valence-electron chi connectivity index (χ1n) is 4.93. The van der Waals surface area contributed by atoms with Gasteiger partial charge in [-0.05, 0) is 12.8 Å². The fraction of sp³-hybridized carbons (Fsp3) is 0.889. The van der Waals surface area contributed by atoms with Crippen molar-refractivity contribution in [1.82, 2.24) is 0 Å². The van der Waals surface area contributed by atoms with Gasteiger partial charge >= 0.3 is 6.18 Å². The summed E-state index contributed by atoms with van der Waals surface area (Å²) >= 11 is 0. The molecule has 0 spiro atoms. The van der Waals surface area contributed by atoms with Gasteiger partial charge in [0.25, 0.3) is 0 Å². The van der Waals surface area contributed by atoms with E-state index in [9.17, 15) is 13.2 Å². The third-order valence-corrected chi connectivity index (χ3v) is 2.57. The van der Waals surface area contributed by atoms with Crippen molar-refractivity contribution in [2.75, 3.05) is 6.61 Å². The summed E-state index contributed by atoms with van der Waals surface area (Å²) in [5, 5.41) is 6.86. The molecule has 0 amide bonds. The van der Waals surface area contributed by atoms with Crippen LogP contribution in [0, 0.1) is 11.3 Å². The summed E-state index contributed by atoms with van der Waals surface area (Å²) in [6, 6.07) is 0. The van der Waals surface area contributed by atoms with Gasteiger partial charge in [-0.3, -0.25) is 5.41 Å². The second kappa shape index (κ2) is 4.83. The molecule has 15 heavy (non-hydrogen) atoms. The van der Waals surface area contributed by atoms with Crippen molar-refractivity contribution in [2.24, 2.45) is 11.7 Å². The Bertz CT molecular complexity index is 224. The van der Waals surface area contributed by atoms with E-state index in [1.807, 2.05) is 0 Å². The molecule has 0 bridgehead atoms. The van der Waals surface area contributed by atoms with Crippen LogP contribution in [-0.4, -0.2) is 24.7 Å². The van der Waals surface area contributed by atoms with Crippen molar-refractivity contribution in [1.29, 1.82) is 5.41 Å². The molecule has 88 valence electrons. The summed E-state index contributed by atoms with van der Waals surface area (Å²) in [5.74, 6) is -2.83. The van der Waals surface area contributed by atoms with Crippen molar-refractivity contribution < 1.29 is 17.9 Å². The zero-order chi connectivity index (χ0) is 11.5. The molecule has 0 saturated heterocycles. The van der Waals surface area contributed by atoms with Gasteiger partial charge in [-0.15, -0.1) is 0 Å². The Morgan fingerprint density at radius 1 is 1.40 bits per heavy atom. The van der Waals surface area contributed by atoms with Gasteiger partial charge in [0.05, 0.1) is 12.7 Å². The van der Waals surface area contributed by atoms with E-state index in [1.165, 1.54) is 0 Å². The van der Waals surface area contributed by atoms with E-state index in [-0.39, 0.29) is 6.10 Å². The van der Waals surface area contributed by atoms with E-state index in [1.54, 1.807) is 0 Å². The number of alkyl halides is 3. The van der Waals surface area contributed by atoms with Crippen LogP contribution in [0.25, 0.3) is 0 Å². The summed E-state index contributed by atoms with van der Waals surface area (Å²) in [6.07, 6.45) is -0.952. The SMILES string of the molecule is N=C(N)C(COC1CCCC1)C(F)(F)F. The van der Waals surface area contributed by atoms with Gasteiger partial charge < -0.3 is 10.5 Å². The van der Waals surface area contributed by atoms with E-state index in [0.717, 1.165) is 25.7 Å². The third-order valence-electron chi connectivity index (χ3n) is 2.57. The Balaban J connectivity index is 2.41. The van der Waals surface area contributed by atoms with Crippen molar-refractivity contribution in [3.8, 4) is 0 Å². The lowest BCUT2D eigenvalue weighted by Crippen LogP contribution is -2.39. The molecule has 0 heterocycles. The third kappa shape index (κ3) is 3.70. The molecule has 3 N–H and O–H groups in total. The van der Waals surface area contributed by atoms with Gasteiger partial charge in [0.2, 0.25) is 0 Å². The zero-order valence-corrected chi connectivity index (χ0v) is 8.31. The quantitative estimate of drug-likeness (QED) is 0.567. The van der Waals surface area contributed by atoms with Crippen LogP contribution < -0.4 is 5.73 Å². The number of hydrogen-bond donors (Lipinski definition) is 2. The Labute approximate surface area is 86.3 Å². The highest BCUT2D eigenvalue weighted by Gasteiger charge is 2.42. The molecule has 1 fully saturated rings. The molecule has 1 rings (SSSR count). The molecule has 1 atom stereocenters. The molecule has 0 aromatic heterocycles. The van der Waals surface area contributed by atoms with Gasteiger partial charge in [-0.2, -0.15) is 13.2 Å². The van der Waals surface area contributed by atoms with E-state index in [4.69, 9.17) is 15.9 Å². The van der Waals surface area contributed by atoms with Crippen LogP contribution in [0.15, 0.2) is 0 Å². The van der Waals surface area contributed by atoms with Crippen LogP contribution >= 0.6 is 0 Å². The molecule has 6 heteroatoms. The molecule has 0 radical (unpaired) electrons. The highest BCUT2D eigenvalue weighted by atomic mass is 19.4. The second-order valence-electron chi connectivity index (χ2n) is 3.79. The maximum atomic E-state index is 12.3. The molecule has 1 unspecified atom stereocenters. The molecule has 0 aliphatic heterocycles. The Morgan fingerprint density at radius 3 is 2.33 bits per heavy atom. The first-order chi connectivity index (χ1) is 6.91. The van der Waals surface area contributed by atoms with E-state index < -0.39 is 24.5 Å². The number of nitrogens with one attached hydrogen (secondary N) is 1. The summed E-state index contributed by atoms with van der Waals surface area (Å²) in [4.78, 5) is 0. The van der Waals surface area contributed by atoms with Gasteiger partial charge in [0, 0.05) is 0 Å². The van der Waals surface area contributed by atoms with Crippen molar-refractivity contribution >= 4 is 5.84 Å². The molecule has 0 aromatic rings. The van der Waals surface area contributed by atoms with E-state index >= 15 is 0 Å². The van der Waals surface area contributed by atoms with E-state index in [2.05, 4.69) is 0 Å². The number of rotatable bonds is 4. The molecule has 0 aromatic carbocycles. The predicted octanol–water partition coefficient (Wildman–Crippen LogP) is 2.06. The average molecular weight is 224 g/mol. The topological polar surface area (TPSA) is 59.1 Å². The molecule has 1 aliphatic rings. The lowest BCUT2D eigenvalue weighted by atomic mass is 10.1. The minimum absolute atomic E-state index is 0.0887. The summed E-state index contributed by atoms with van der Waals surface area (Å²) in [7, 11) is 0. The lowest BCUT2D eigenvalue weighted by Gasteiger charge is -2.20. The van der Waals surface area contributed by atoms with E-state index in [0.29, 0.717) is 0 Å². The van der Waals surface area contributed by atoms with Gasteiger partial charge in [0.15, 0.2) is 0 Å². The molecular formula is C9H15F3N2O. The normalized spacial score (nSPS) is 20.5. The largest absolute Gasteiger partial charge is 0.400 e. The van der Waals surface area contributed by atoms with Crippen LogP contribution in [0.4, 0.5) is 13.2 Å². The Kier molecular flexibility index (Phi) is 3.96. The highest BCUT2D eigenvalue weighted by molar-refractivity contribution is 5.80. The first-order valence-corrected chi connectivity index (χ1v) is 4.93. The minimum Gasteiger partial charge on any atom is -0.387 e. The maximum absolute atomic E-state index is 12.3. The highest BCUT2D eigenvalue weighted by Crippen LogP contribution is 2.28. The van der Waals surface area contributed by atoms with Crippen LogP contribution in [-0.2, 0) is 4.74 Å². The lowest BCUT2D eigenvalue weighted by molar-refractivity contribution is -0.172. The zero-order valence-electron chi connectivity index (χ0n) is 8.31. The van der Waals surface area contributed by atoms with Gasteiger partial charge in [0.1, 0.15) is 11.8 Å². The Morgan fingerprint density at radius 2 is 1.93 bits per heavy atom. The summed E-state index contributed by atoms with van der Waals surface area (Å²) in [6.45, 7) is -0.524. The van der Waals surface area contributed by atoms with Crippen molar-refractivity contribution in [2.45, 2.75) is 38.0 Å². The van der Waals surface area contributed by atoms with Crippen molar-refractivity contribution in [3.05, 3.63) is 0 Å². The molecule has 1 aliphatic carbocycles. The standard InChI is InChI=1S/C9H15F3N2O/c10-9(11,12)7(8(13)14)5-15-6-3-1-2-4-6/h6-7H,1-5H2,(H3,13,14). The first kappa shape index (κ1) is 12.3. The number of hydrogen-bond acceptors (Lipinski definition) is 2. The minimum atomic E-state index is -4.48. The maximum Gasteiger partial charge on any atom is 0.400 e. The monoisotopic (exact) mass is 224 g/mol. The summed E-state index contributed by atoms with van der Waals surface area (Å²) < 4.78 is 42.1. The van der Waals surface area contributed by atoms with Crippen LogP contribution in [0.1, 0.15) is 25.7 Å². The summed E-state index contributed by atoms with van der Waals surface area (Å²) in [5.41, 5.74) is 4.89. The number of nitrogens with two attached hydrogens (primary N) is 1. The predicted molar refractivity (Wildman–Crippen MR) is 49.7 cm³/mol. The molecular weight excluding hydrogens is 209 g/mol. The molecule has 1 saturated carbocycles. The smallest absolute Gasteiger partial charge is 0.387 e. The fourth-order valence-electron chi connectivity index (χ4n) is 1.65. The number of ether oxygens (including phenoxy) is 1. The molecule has 3 nitrogen and oxygen atoms in total. The van der Waals surface area contributed by atoms with Gasteiger partial charge in [-0.25, -0.2) is 0 Å². The van der Waals surface area contributed by atoms with Crippen LogP contribution in [0.3, 0.4) is 0 Å². The van der Waals surface area contributed by atoms with Crippen LogP contribution in [0.5, 0.6) is 0 Å². The number of amidine groups is 1. The second-order valence-corrected chi connectivity index (χ2v) is 3.79. The Hall–Kier alpha value is -0.780.